The summed E-state index contributed by atoms with van der Waals surface area (Å²) in [7, 11) is -3.78. The normalized spacial score (nSPS) is 20.5. The SMILES string of the molecule is O=P(O)(O)CCCN1CCNCC1. The molecule has 1 fully saturated rings. The fraction of sp³-hybridized carbons (Fsp3) is 1.00. The van der Waals surface area contributed by atoms with Gasteiger partial charge in [-0.25, -0.2) is 0 Å². The first-order valence-corrected chi connectivity index (χ1v) is 6.35. The zero-order chi connectivity index (χ0) is 9.73. The predicted molar refractivity (Wildman–Crippen MR) is 50.8 cm³/mol. The van der Waals surface area contributed by atoms with Crippen molar-refractivity contribution in [2.45, 2.75) is 6.42 Å². The molecule has 78 valence electrons. The molecule has 1 aliphatic heterocycles. The molecule has 0 unspecified atom stereocenters. The van der Waals surface area contributed by atoms with Gasteiger partial charge in [-0.05, 0) is 13.0 Å². The van der Waals surface area contributed by atoms with Crippen LogP contribution in [-0.2, 0) is 4.57 Å². The lowest BCUT2D eigenvalue weighted by Crippen LogP contribution is -2.43. The standard InChI is InChI=1S/C7H17N2O3P/c10-13(11,12)7-1-4-9-5-2-8-3-6-9/h8H,1-7H2,(H2,10,11,12). The van der Waals surface area contributed by atoms with Gasteiger partial charge in [0.25, 0.3) is 0 Å². The van der Waals surface area contributed by atoms with Crippen molar-refractivity contribution in [1.29, 1.82) is 0 Å². The number of piperazine rings is 1. The molecule has 0 aromatic carbocycles. The fourth-order valence-corrected chi connectivity index (χ4v) is 1.99. The molecule has 0 bridgehead atoms. The van der Waals surface area contributed by atoms with Gasteiger partial charge in [-0.2, -0.15) is 0 Å². The van der Waals surface area contributed by atoms with Crippen LogP contribution in [0.15, 0.2) is 0 Å². The molecule has 1 heterocycles. The molecule has 13 heavy (non-hydrogen) atoms. The quantitative estimate of drug-likeness (QED) is 0.541. The summed E-state index contributed by atoms with van der Waals surface area (Å²) < 4.78 is 10.5. The van der Waals surface area contributed by atoms with Crippen LogP contribution in [-0.4, -0.2) is 53.6 Å². The van der Waals surface area contributed by atoms with Crippen LogP contribution in [0.5, 0.6) is 0 Å². The highest BCUT2D eigenvalue weighted by molar-refractivity contribution is 7.51. The molecule has 1 saturated heterocycles. The Labute approximate surface area is 78.3 Å². The van der Waals surface area contributed by atoms with Crippen LogP contribution in [0, 0.1) is 0 Å². The Morgan fingerprint density at radius 1 is 1.31 bits per heavy atom. The van der Waals surface area contributed by atoms with E-state index < -0.39 is 7.60 Å². The summed E-state index contributed by atoms with van der Waals surface area (Å²) in [5.41, 5.74) is 0. The number of nitrogens with one attached hydrogen (secondary N) is 1. The van der Waals surface area contributed by atoms with Crippen LogP contribution < -0.4 is 5.32 Å². The zero-order valence-corrected chi connectivity index (χ0v) is 8.54. The van der Waals surface area contributed by atoms with Crippen LogP contribution in [0.2, 0.25) is 0 Å². The maximum absolute atomic E-state index is 10.5. The molecule has 0 atom stereocenters. The average molecular weight is 208 g/mol. The molecule has 0 aromatic rings. The molecule has 6 heteroatoms. The van der Waals surface area contributed by atoms with E-state index in [-0.39, 0.29) is 6.16 Å². The molecule has 1 aliphatic rings. The third-order valence-corrected chi connectivity index (χ3v) is 3.03. The Hall–Kier alpha value is 0.0700. The minimum Gasteiger partial charge on any atom is -0.324 e. The van der Waals surface area contributed by atoms with Crippen LogP contribution >= 0.6 is 7.60 Å². The van der Waals surface area contributed by atoms with Gasteiger partial charge in [0.2, 0.25) is 0 Å². The number of nitrogens with zero attached hydrogens (tertiary/aromatic N) is 1. The van der Waals surface area contributed by atoms with Crippen molar-refractivity contribution in [3.63, 3.8) is 0 Å². The Morgan fingerprint density at radius 3 is 2.46 bits per heavy atom. The van der Waals surface area contributed by atoms with E-state index >= 15 is 0 Å². The molecule has 0 saturated carbocycles. The summed E-state index contributed by atoms with van der Waals surface area (Å²) >= 11 is 0. The second-order valence-corrected chi connectivity index (χ2v) is 5.11. The van der Waals surface area contributed by atoms with Crippen molar-refractivity contribution >= 4 is 7.60 Å². The van der Waals surface area contributed by atoms with Crippen molar-refractivity contribution in [3.05, 3.63) is 0 Å². The van der Waals surface area contributed by atoms with E-state index in [4.69, 9.17) is 9.79 Å². The maximum Gasteiger partial charge on any atom is 0.325 e. The first-order valence-electron chi connectivity index (χ1n) is 4.55. The Bertz CT molecular complexity index is 188. The van der Waals surface area contributed by atoms with E-state index in [9.17, 15) is 4.57 Å². The third kappa shape index (κ3) is 5.39. The van der Waals surface area contributed by atoms with Gasteiger partial charge in [0.15, 0.2) is 0 Å². The van der Waals surface area contributed by atoms with Gasteiger partial charge < -0.3 is 20.0 Å². The molecule has 0 aliphatic carbocycles. The predicted octanol–water partition coefficient (Wildman–Crippen LogP) is -0.541. The molecule has 1 rings (SSSR count). The highest BCUT2D eigenvalue weighted by atomic mass is 31.2. The van der Waals surface area contributed by atoms with Gasteiger partial charge in [-0.15, -0.1) is 0 Å². The first-order chi connectivity index (χ1) is 6.08. The molecule has 0 amide bonds. The van der Waals surface area contributed by atoms with Gasteiger partial charge in [-0.3, -0.25) is 4.57 Å². The molecule has 0 aromatic heterocycles. The summed E-state index contributed by atoms with van der Waals surface area (Å²) in [6.45, 7) is 4.74. The van der Waals surface area contributed by atoms with Crippen molar-refractivity contribution in [2.75, 3.05) is 38.9 Å². The summed E-state index contributed by atoms with van der Waals surface area (Å²) in [4.78, 5) is 19.5. The lowest BCUT2D eigenvalue weighted by molar-refractivity contribution is 0.240. The Kier molecular flexibility index (Phi) is 4.35. The maximum atomic E-state index is 10.5. The molecular formula is C7H17N2O3P. The lowest BCUT2D eigenvalue weighted by Gasteiger charge is -2.26. The van der Waals surface area contributed by atoms with Crippen molar-refractivity contribution < 1.29 is 14.4 Å². The largest absolute Gasteiger partial charge is 0.325 e. The summed E-state index contributed by atoms with van der Waals surface area (Å²) in [5, 5.41) is 3.23. The molecular weight excluding hydrogens is 191 g/mol. The minimum absolute atomic E-state index is 0.0108. The van der Waals surface area contributed by atoms with Crippen molar-refractivity contribution in [2.24, 2.45) is 0 Å². The highest BCUT2D eigenvalue weighted by Crippen LogP contribution is 2.34. The van der Waals surface area contributed by atoms with E-state index in [1.807, 2.05) is 0 Å². The summed E-state index contributed by atoms with van der Waals surface area (Å²) in [6, 6.07) is 0. The van der Waals surface area contributed by atoms with Crippen LogP contribution in [0.3, 0.4) is 0 Å². The molecule has 5 nitrogen and oxygen atoms in total. The monoisotopic (exact) mass is 208 g/mol. The number of hydrogen-bond acceptors (Lipinski definition) is 3. The Morgan fingerprint density at radius 2 is 1.92 bits per heavy atom. The second kappa shape index (κ2) is 5.08. The summed E-state index contributed by atoms with van der Waals surface area (Å²) in [6.07, 6.45) is 0.598. The lowest BCUT2D eigenvalue weighted by atomic mass is 10.3. The molecule has 3 N–H and O–H groups in total. The van der Waals surface area contributed by atoms with E-state index in [1.54, 1.807) is 0 Å². The van der Waals surface area contributed by atoms with Crippen LogP contribution in [0.4, 0.5) is 0 Å². The summed E-state index contributed by atoms with van der Waals surface area (Å²) in [5.74, 6) is 0. The van der Waals surface area contributed by atoms with Crippen LogP contribution in [0.1, 0.15) is 6.42 Å². The van der Waals surface area contributed by atoms with E-state index in [2.05, 4.69) is 10.2 Å². The van der Waals surface area contributed by atoms with Crippen LogP contribution in [0.25, 0.3) is 0 Å². The third-order valence-electron chi connectivity index (χ3n) is 2.13. The van der Waals surface area contributed by atoms with E-state index in [0.717, 1.165) is 32.7 Å². The van der Waals surface area contributed by atoms with E-state index in [0.29, 0.717) is 6.42 Å². The Balaban J connectivity index is 2.08. The molecule has 0 spiro atoms. The van der Waals surface area contributed by atoms with Gasteiger partial charge in [0, 0.05) is 26.2 Å². The van der Waals surface area contributed by atoms with Gasteiger partial charge >= 0.3 is 7.60 Å². The highest BCUT2D eigenvalue weighted by Gasteiger charge is 2.14. The van der Waals surface area contributed by atoms with Gasteiger partial charge in [0.1, 0.15) is 0 Å². The van der Waals surface area contributed by atoms with Crippen molar-refractivity contribution in [3.8, 4) is 0 Å². The number of hydrogen-bond donors (Lipinski definition) is 3. The molecule has 0 radical (unpaired) electrons. The number of rotatable bonds is 4. The second-order valence-electron chi connectivity index (χ2n) is 3.33. The fourth-order valence-electron chi connectivity index (χ4n) is 1.44. The first kappa shape index (κ1) is 11.1. The zero-order valence-electron chi connectivity index (χ0n) is 7.65. The van der Waals surface area contributed by atoms with Gasteiger partial charge in [-0.1, -0.05) is 0 Å². The average Bonchev–Trinajstić information content (AvgIpc) is 2.04. The van der Waals surface area contributed by atoms with Crippen molar-refractivity contribution in [1.82, 2.24) is 10.2 Å². The smallest absolute Gasteiger partial charge is 0.324 e. The van der Waals surface area contributed by atoms with Gasteiger partial charge in [0.05, 0.1) is 6.16 Å². The minimum atomic E-state index is -3.78. The van der Waals surface area contributed by atoms with E-state index in [1.165, 1.54) is 0 Å². The topological polar surface area (TPSA) is 72.8 Å².